The van der Waals surface area contributed by atoms with Crippen molar-refractivity contribution >= 4 is 38.6 Å². The minimum Gasteiger partial charge on any atom is -0.478 e. The molecule has 0 radical (unpaired) electrons. The van der Waals surface area contributed by atoms with Crippen molar-refractivity contribution in [1.29, 1.82) is 0 Å². The van der Waals surface area contributed by atoms with Gasteiger partial charge in [-0.15, -0.1) is 0 Å². The van der Waals surface area contributed by atoms with E-state index in [1.807, 2.05) is 22.6 Å². The fourth-order valence-electron chi connectivity index (χ4n) is 2.97. The van der Waals surface area contributed by atoms with Crippen LogP contribution in [0.5, 0.6) is 0 Å². The predicted molar refractivity (Wildman–Crippen MR) is 102 cm³/mol. The molecule has 1 aromatic carbocycles. The standard InChI is InChI=1S/C17H24INO4S/c18-15-11-14(17(20)21)12-16(13-15)24(22,23)19-9-7-5-3-1-2-4-6-8-10-19/h11-13H,1-10H2,(H,20,21). The van der Waals surface area contributed by atoms with Gasteiger partial charge in [-0.2, -0.15) is 4.31 Å². The Morgan fingerprint density at radius 3 is 1.92 bits per heavy atom. The Labute approximate surface area is 157 Å². The number of carboxylic acid groups (broad SMARTS) is 1. The van der Waals surface area contributed by atoms with Crippen molar-refractivity contribution in [2.45, 2.75) is 56.3 Å². The Balaban J connectivity index is 2.26. The Bertz CT molecular complexity index is 663. The van der Waals surface area contributed by atoms with Gasteiger partial charge in [-0.3, -0.25) is 0 Å². The van der Waals surface area contributed by atoms with Crippen LogP contribution in [0.1, 0.15) is 61.7 Å². The second kappa shape index (κ2) is 9.15. The van der Waals surface area contributed by atoms with Gasteiger partial charge in [-0.1, -0.05) is 38.5 Å². The largest absolute Gasteiger partial charge is 0.478 e. The molecule has 0 bridgehead atoms. The highest BCUT2D eigenvalue weighted by Crippen LogP contribution is 2.23. The van der Waals surface area contributed by atoms with E-state index in [-0.39, 0.29) is 10.5 Å². The van der Waals surface area contributed by atoms with E-state index in [4.69, 9.17) is 0 Å². The summed E-state index contributed by atoms with van der Waals surface area (Å²) in [6.07, 6.45) is 8.55. The molecular weight excluding hydrogens is 441 g/mol. The van der Waals surface area contributed by atoms with Crippen LogP contribution >= 0.6 is 22.6 Å². The third-order valence-corrected chi connectivity index (χ3v) is 6.82. The topological polar surface area (TPSA) is 74.7 Å². The summed E-state index contributed by atoms with van der Waals surface area (Å²) in [7, 11) is -3.65. The van der Waals surface area contributed by atoms with E-state index < -0.39 is 16.0 Å². The van der Waals surface area contributed by atoms with E-state index in [0.29, 0.717) is 16.7 Å². The first-order valence-corrected chi connectivity index (χ1v) is 11.0. The van der Waals surface area contributed by atoms with Gasteiger partial charge in [-0.05, 0) is 53.6 Å². The Morgan fingerprint density at radius 2 is 1.42 bits per heavy atom. The quantitative estimate of drug-likeness (QED) is 0.682. The fraction of sp³-hybridized carbons (Fsp3) is 0.588. The molecule has 0 spiro atoms. The number of hydrogen-bond acceptors (Lipinski definition) is 3. The number of nitrogens with zero attached hydrogens (tertiary/aromatic N) is 1. The highest BCUT2D eigenvalue weighted by Gasteiger charge is 2.25. The van der Waals surface area contributed by atoms with Crippen LogP contribution in [0.4, 0.5) is 0 Å². The van der Waals surface area contributed by atoms with Crippen LogP contribution in [0.2, 0.25) is 0 Å². The van der Waals surface area contributed by atoms with Gasteiger partial charge in [0.05, 0.1) is 10.5 Å². The molecule has 5 nitrogen and oxygen atoms in total. The number of sulfonamides is 1. The summed E-state index contributed by atoms with van der Waals surface area (Å²) >= 11 is 1.96. The van der Waals surface area contributed by atoms with Gasteiger partial charge in [0.1, 0.15) is 0 Å². The van der Waals surface area contributed by atoms with E-state index in [1.54, 1.807) is 6.07 Å². The average molecular weight is 465 g/mol. The van der Waals surface area contributed by atoms with Gasteiger partial charge in [0.25, 0.3) is 0 Å². The summed E-state index contributed by atoms with van der Waals surface area (Å²) in [5.41, 5.74) is 0.0124. The van der Waals surface area contributed by atoms with E-state index in [1.165, 1.54) is 29.3 Å². The number of halogens is 1. The third kappa shape index (κ3) is 5.42. The SMILES string of the molecule is O=C(O)c1cc(I)cc(S(=O)(=O)N2CCCCCCCCCC2)c1. The molecule has 134 valence electrons. The molecule has 0 aromatic heterocycles. The van der Waals surface area contributed by atoms with E-state index in [2.05, 4.69) is 0 Å². The average Bonchev–Trinajstić information content (AvgIpc) is 2.59. The number of benzene rings is 1. The maximum Gasteiger partial charge on any atom is 0.335 e. The zero-order valence-electron chi connectivity index (χ0n) is 13.7. The predicted octanol–water partition coefficient (Wildman–Crippen LogP) is 4.11. The Morgan fingerprint density at radius 1 is 0.917 bits per heavy atom. The normalized spacial score (nSPS) is 18.7. The van der Waals surface area contributed by atoms with Crippen molar-refractivity contribution < 1.29 is 18.3 Å². The number of aromatic carboxylic acids is 1. The van der Waals surface area contributed by atoms with Crippen molar-refractivity contribution in [2.75, 3.05) is 13.1 Å². The van der Waals surface area contributed by atoms with Crippen LogP contribution in [0.15, 0.2) is 23.1 Å². The highest BCUT2D eigenvalue weighted by molar-refractivity contribution is 14.1. The molecule has 1 aliphatic heterocycles. The van der Waals surface area contributed by atoms with Crippen LogP contribution in [-0.2, 0) is 10.0 Å². The monoisotopic (exact) mass is 465 g/mol. The van der Waals surface area contributed by atoms with Gasteiger partial charge < -0.3 is 5.11 Å². The van der Waals surface area contributed by atoms with Crippen molar-refractivity contribution in [2.24, 2.45) is 0 Å². The van der Waals surface area contributed by atoms with Crippen LogP contribution < -0.4 is 0 Å². The summed E-state index contributed by atoms with van der Waals surface area (Å²) in [5.74, 6) is -1.11. The molecule has 1 N–H and O–H groups in total. The van der Waals surface area contributed by atoms with Gasteiger partial charge in [-0.25, -0.2) is 13.2 Å². The molecule has 1 heterocycles. The zero-order valence-corrected chi connectivity index (χ0v) is 16.7. The van der Waals surface area contributed by atoms with Gasteiger partial charge in [0.2, 0.25) is 10.0 Å². The van der Waals surface area contributed by atoms with Gasteiger partial charge in [0, 0.05) is 16.7 Å². The molecule has 2 rings (SSSR count). The Hall–Kier alpha value is -0.670. The van der Waals surface area contributed by atoms with Crippen LogP contribution in [0.3, 0.4) is 0 Å². The van der Waals surface area contributed by atoms with Crippen LogP contribution in [-0.4, -0.2) is 36.9 Å². The maximum absolute atomic E-state index is 13.0. The van der Waals surface area contributed by atoms with Gasteiger partial charge >= 0.3 is 5.97 Å². The summed E-state index contributed by atoms with van der Waals surface area (Å²) in [6, 6.07) is 4.30. The van der Waals surface area contributed by atoms with Crippen LogP contribution in [0, 0.1) is 3.57 Å². The zero-order chi connectivity index (χ0) is 17.6. The first-order chi connectivity index (χ1) is 11.4. The molecule has 1 saturated heterocycles. The molecule has 24 heavy (non-hydrogen) atoms. The summed E-state index contributed by atoms with van der Waals surface area (Å²) < 4.78 is 28.1. The molecule has 0 saturated carbocycles. The van der Waals surface area contributed by atoms with Crippen LogP contribution in [0.25, 0.3) is 0 Å². The van der Waals surface area contributed by atoms with Crippen molar-refractivity contribution in [3.05, 3.63) is 27.3 Å². The molecule has 7 heteroatoms. The summed E-state index contributed by atoms with van der Waals surface area (Å²) in [5, 5.41) is 9.18. The molecule has 0 unspecified atom stereocenters. The lowest BCUT2D eigenvalue weighted by atomic mass is 10.1. The van der Waals surface area contributed by atoms with Crippen molar-refractivity contribution in [3.8, 4) is 0 Å². The molecular formula is C17H24INO4S. The second-order valence-electron chi connectivity index (χ2n) is 6.21. The minimum atomic E-state index is -3.65. The minimum absolute atomic E-state index is 0.0124. The Kier molecular flexibility index (Phi) is 7.49. The number of hydrogen-bond donors (Lipinski definition) is 1. The number of carbonyl (C=O) groups is 1. The van der Waals surface area contributed by atoms with E-state index in [9.17, 15) is 18.3 Å². The van der Waals surface area contributed by atoms with Crippen molar-refractivity contribution in [1.82, 2.24) is 4.31 Å². The van der Waals surface area contributed by atoms with Gasteiger partial charge in [0.15, 0.2) is 0 Å². The number of carboxylic acids is 1. The molecule has 0 amide bonds. The molecule has 1 fully saturated rings. The lowest BCUT2D eigenvalue weighted by molar-refractivity contribution is 0.0696. The fourth-order valence-corrected chi connectivity index (χ4v) is 5.44. The lowest BCUT2D eigenvalue weighted by Gasteiger charge is -2.22. The van der Waals surface area contributed by atoms with E-state index >= 15 is 0 Å². The molecule has 1 aliphatic rings. The lowest BCUT2D eigenvalue weighted by Crippen LogP contribution is -2.33. The smallest absolute Gasteiger partial charge is 0.335 e. The van der Waals surface area contributed by atoms with Crippen molar-refractivity contribution in [3.63, 3.8) is 0 Å². The van der Waals surface area contributed by atoms with E-state index in [0.717, 1.165) is 38.5 Å². The third-order valence-electron chi connectivity index (χ3n) is 4.32. The summed E-state index contributed by atoms with van der Waals surface area (Å²) in [6.45, 7) is 1.02. The number of rotatable bonds is 3. The highest BCUT2D eigenvalue weighted by atomic mass is 127. The second-order valence-corrected chi connectivity index (χ2v) is 9.40. The first kappa shape index (κ1) is 19.7. The molecule has 0 aliphatic carbocycles. The molecule has 0 atom stereocenters. The summed E-state index contributed by atoms with van der Waals surface area (Å²) in [4.78, 5) is 11.3. The maximum atomic E-state index is 13.0. The first-order valence-electron chi connectivity index (χ1n) is 8.45. The molecule has 1 aromatic rings.